The van der Waals surface area contributed by atoms with E-state index in [1.807, 2.05) is 38.1 Å². The molecule has 1 aromatic rings. The van der Waals surface area contributed by atoms with E-state index in [0.717, 1.165) is 24.3 Å². The van der Waals surface area contributed by atoms with Crippen molar-refractivity contribution in [1.29, 1.82) is 0 Å². The normalized spacial score (nSPS) is 11.3. The van der Waals surface area contributed by atoms with E-state index >= 15 is 0 Å². The Morgan fingerprint density at radius 3 is 2.61 bits per heavy atom. The summed E-state index contributed by atoms with van der Waals surface area (Å²) in [6, 6.07) is 7.85. The lowest BCUT2D eigenvalue weighted by atomic mass is 10.2. The highest BCUT2D eigenvalue weighted by atomic mass is 16.7. The van der Waals surface area contributed by atoms with Crippen LogP contribution < -0.4 is 4.74 Å². The van der Waals surface area contributed by atoms with E-state index in [2.05, 4.69) is 13.5 Å². The summed E-state index contributed by atoms with van der Waals surface area (Å²) in [7, 11) is 0. The Morgan fingerprint density at radius 2 is 1.94 bits per heavy atom. The second kappa shape index (κ2) is 7.22. The molecule has 0 heterocycles. The van der Waals surface area contributed by atoms with Crippen LogP contribution in [0.15, 0.2) is 30.8 Å². The summed E-state index contributed by atoms with van der Waals surface area (Å²) in [5.41, 5.74) is 0.989. The lowest BCUT2D eigenvalue weighted by Crippen LogP contribution is -2.32. The van der Waals surface area contributed by atoms with Crippen LogP contribution in [0.5, 0.6) is 5.75 Å². The van der Waals surface area contributed by atoms with E-state index in [4.69, 9.17) is 9.47 Å². The van der Waals surface area contributed by atoms with Gasteiger partial charge in [0.15, 0.2) is 0 Å². The lowest BCUT2D eigenvalue weighted by Gasteiger charge is -2.27. The van der Waals surface area contributed by atoms with Gasteiger partial charge in [0.05, 0.1) is 6.61 Å². The summed E-state index contributed by atoms with van der Waals surface area (Å²) in [6.45, 7) is 10.6. The zero-order valence-corrected chi connectivity index (χ0v) is 11.7. The average molecular weight is 248 g/mol. The maximum atomic E-state index is 5.91. The average Bonchev–Trinajstić information content (AvgIpc) is 2.35. The summed E-state index contributed by atoms with van der Waals surface area (Å²) >= 11 is 0. The molecule has 0 spiro atoms. The molecule has 1 rings (SSSR count). The Hall–Kier alpha value is -1.28. The number of para-hydroxylation sites is 1. The lowest BCUT2D eigenvalue weighted by molar-refractivity contribution is -0.156. The minimum Gasteiger partial charge on any atom is -0.462 e. The van der Waals surface area contributed by atoms with E-state index in [0.29, 0.717) is 0 Å². The molecule has 0 aromatic heterocycles. The molecule has 2 heteroatoms. The van der Waals surface area contributed by atoms with Gasteiger partial charge in [-0.1, -0.05) is 50.6 Å². The molecule has 0 unspecified atom stereocenters. The van der Waals surface area contributed by atoms with Crippen molar-refractivity contribution in [3.63, 3.8) is 0 Å². The topological polar surface area (TPSA) is 18.5 Å². The molecule has 0 saturated heterocycles. The van der Waals surface area contributed by atoms with Crippen LogP contribution in [0.3, 0.4) is 0 Å². The monoisotopic (exact) mass is 248 g/mol. The highest BCUT2D eigenvalue weighted by molar-refractivity contribution is 5.55. The van der Waals surface area contributed by atoms with Crippen molar-refractivity contribution in [2.75, 3.05) is 6.61 Å². The van der Waals surface area contributed by atoms with Crippen LogP contribution in [0.25, 0.3) is 6.08 Å². The molecule has 0 aliphatic carbocycles. The number of hydrogen-bond acceptors (Lipinski definition) is 2. The molecule has 0 aliphatic heterocycles. The van der Waals surface area contributed by atoms with Crippen molar-refractivity contribution in [3.8, 4) is 5.75 Å². The van der Waals surface area contributed by atoms with E-state index in [9.17, 15) is 0 Å². The maximum absolute atomic E-state index is 5.91. The summed E-state index contributed by atoms with van der Waals surface area (Å²) in [6.07, 6.45) is 5.26. The fourth-order valence-electron chi connectivity index (χ4n) is 1.71. The van der Waals surface area contributed by atoms with Crippen LogP contribution in [0, 0.1) is 0 Å². The zero-order valence-electron chi connectivity index (χ0n) is 11.7. The number of unbranched alkanes of at least 4 members (excludes halogenated alkanes) is 2. The van der Waals surface area contributed by atoms with Crippen LogP contribution in [-0.2, 0) is 4.74 Å². The van der Waals surface area contributed by atoms with Crippen LogP contribution >= 0.6 is 0 Å². The predicted molar refractivity (Wildman–Crippen MR) is 76.7 cm³/mol. The fourth-order valence-corrected chi connectivity index (χ4v) is 1.71. The second-order valence-corrected chi connectivity index (χ2v) is 4.80. The molecule has 1 aromatic carbocycles. The zero-order chi connectivity index (χ0) is 13.4. The number of rotatable bonds is 8. The Kier molecular flexibility index (Phi) is 5.93. The largest absolute Gasteiger partial charge is 0.462 e. The first-order valence-electron chi connectivity index (χ1n) is 6.63. The Morgan fingerprint density at radius 1 is 1.22 bits per heavy atom. The van der Waals surface area contributed by atoms with Gasteiger partial charge in [0.25, 0.3) is 0 Å². The fraction of sp³-hybridized carbons (Fsp3) is 0.500. The highest BCUT2D eigenvalue weighted by Gasteiger charge is 2.20. The van der Waals surface area contributed by atoms with Crippen molar-refractivity contribution < 1.29 is 9.47 Å². The van der Waals surface area contributed by atoms with Crippen molar-refractivity contribution in [2.45, 2.75) is 45.8 Å². The molecule has 0 bridgehead atoms. The van der Waals surface area contributed by atoms with Gasteiger partial charge in [0, 0.05) is 19.4 Å². The van der Waals surface area contributed by atoms with Crippen molar-refractivity contribution >= 4 is 6.08 Å². The van der Waals surface area contributed by atoms with Crippen LogP contribution in [0.1, 0.15) is 45.6 Å². The van der Waals surface area contributed by atoms with Gasteiger partial charge in [-0.15, -0.1) is 0 Å². The Balaban J connectivity index is 2.55. The first kappa shape index (κ1) is 14.8. The quantitative estimate of drug-likeness (QED) is 0.492. The summed E-state index contributed by atoms with van der Waals surface area (Å²) in [5.74, 6) is 0.209. The van der Waals surface area contributed by atoms with Crippen LogP contribution in [0.2, 0.25) is 0 Å². The van der Waals surface area contributed by atoms with Gasteiger partial charge in [-0.05, 0) is 12.5 Å². The third-order valence-corrected chi connectivity index (χ3v) is 2.69. The van der Waals surface area contributed by atoms with Crippen molar-refractivity contribution in [1.82, 2.24) is 0 Å². The standard InChI is InChI=1S/C16H24O2/c1-5-7-10-13-17-16(3,4)18-15-12-9-8-11-14(15)6-2/h6,8-9,11-12H,2,5,7,10,13H2,1,3-4H3. The van der Waals surface area contributed by atoms with Gasteiger partial charge >= 0.3 is 0 Å². The first-order chi connectivity index (χ1) is 8.59. The number of hydrogen-bond donors (Lipinski definition) is 0. The van der Waals surface area contributed by atoms with E-state index in [-0.39, 0.29) is 0 Å². The third-order valence-electron chi connectivity index (χ3n) is 2.69. The van der Waals surface area contributed by atoms with E-state index in [1.165, 1.54) is 12.8 Å². The minimum atomic E-state index is -0.604. The van der Waals surface area contributed by atoms with Gasteiger partial charge in [-0.3, -0.25) is 0 Å². The van der Waals surface area contributed by atoms with Gasteiger partial charge in [0.1, 0.15) is 5.75 Å². The van der Waals surface area contributed by atoms with Crippen molar-refractivity contribution in [2.24, 2.45) is 0 Å². The van der Waals surface area contributed by atoms with Gasteiger partial charge in [-0.25, -0.2) is 0 Å². The van der Waals surface area contributed by atoms with E-state index < -0.39 is 5.79 Å². The Bertz CT molecular complexity index is 369. The SMILES string of the molecule is C=Cc1ccccc1OC(C)(C)OCCCCC. The van der Waals surface area contributed by atoms with Gasteiger partial charge < -0.3 is 9.47 Å². The third kappa shape index (κ3) is 4.92. The summed E-state index contributed by atoms with van der Waals surface area (Å²) in [4.78, 5) is 0. The molecule has 0 aliphatic rings. The molecule has 0 N–H and O–H groups in total. The molecule has 2 nitrogen and oxygen atoms in total. The predicted octanol–water partition coefficient (Wildman–Crippen LogP) is 4.65. The molecule has 18 heavy (non-hydrogen) atoms. The van der Waals surface area contributed by atoms with Crippen molar-refractivity contribution in [3.05, 3.63) is 36.4 Å². The first-order valence-corrected chi connectivity index (χ1v) is 6.63. The maximum Gasteiger partial charge on any atom is 0.204 e. The number of ether oxygens (including phenoxy) is 2. The smallest absolute Gasteiger partial charge is 0.204 e. The molecule has 0 amide bonds. The van der Waals surface area contributed by atoms with Gasteiger partial charge in [-0.2, -0.15) is 0 Å². The summed E-state index contributed by atoms with van der Waals surface area (Å²) < 4.78 is 11.7. The molecule has 100 valence electrons. The highest BCUT2D eigenvalue weighted by Crippen LogP contribution is 2.24. The molecular weight excluding hydrogens is 224 g/mol. The summed E-state index contributed by atoms with van der Waals surface area (Å²) in [5, 5.41) is 0. The van der Waals surface area contributed by atoms with E-state index in [1.54, 1.807) is 6.08 Å². The molecular formula is C16H24O2. The minimum absolute atomic E-state index is 0.604. The van der Waals surface area contributed by atoms with Crippen LogP contribution in [0.4, 0.5) is 0 Å². The molecule has 0 radical (unpaired) electrons. The molecule has 0 saturated carbocycles. The number of benzene rings is 1. The second-order valence-electron chi connectivity index (χ2n) is 4.80. The van der Waals surface area contributed by atoms with Gasteiger partial charge in [0.2, 0.25) is 5.79 Å². The van der Waals surface area contributed by atoms with Crippen LogP contribution in [-0.4, -0.2) is 12.4 Å². The molecule has 0 fully saturated rings. The molecule has 0 atom stereocenters. The Labute approximate surface area is 111 Å².